The first-order valence-corrected chi connectivity index (χ1v) is 11.1. The monoisotopic (exact) mass is 456 g/mol. The third-order valence-electron chi connectivity index (χ3n) is 5.59. The molecule has 0 spiro atoms. The van der Waals surface area contributed by atoms with Gasteiger partial charge in [-0.2, -0.15) is 0 Å². The minimum absolute atomic E-state index is 0.0390. The molecule has 0 bridgehead atoms. The van der Waals surface area contributed by atoms with Gasteiger partial charge in [-0.25, -0.2) is 0 Å². The van der Waals surface area contributed by atoms with E-state index in [9.17, 15) is 9.59 Å². The van der Waals surface area contributed by atoms with Crippen LogP contribution in [0, 0.1) is 6.92 Å². The van der Waals surface area contributed by atoms with Crippen molar-refractivity contribution >= 4 is 27.7 Å². The summed E-state index contributed by atoms with van der Waals surface area (Å²) < 4.78 is 0.962. The van der Waals surface area contributed by atoms with Gasteiger partial charge in [0.1, 0.15) is 6.04 Å². The van der Waals surface area contributed by atoms with Gasteiger partial charge >= 0.3 is 0 Å². The third kappa shape index (κ3) is 6.17. The van der Waals surface area contributed by atoms with Crippen LogP contribution in [-0.4, -0.2) is 28.8 Å². The molecule has 4 nitrogen and oxygen atoms in total. The minimum Gasteiger partial charge on any atom is -0.352 e. The number of carbonyl (C=O) groups is 2. The number of rotatable bonds is 7. The Hall–Kier alpha value is -2.14. The highest BCUT2D eigenvalue weighted by Crippen LogP contribution is 2.20. The zero-order valence-corrected chi connectivity index (χ0v) is 18.7. The summed E-state index contributed by atoms with van der Waals surface area (Å²) in [5.41, 5.74) is 3.12. The predicted molar refractivity (Wildman–Crippen MR) is 119 cm³/mol. The second kappa shape index (κ2) is 10.1. The van der Waals surface area contributed by atoms with Gasteiger partial charge in [-0.3, -0.25) is 9.59 Å². The van der Waals surface area contributed by atoms with Gasteiger partial charge in [0.2, 0.25) is 11.8 Å². The van der Waals surface area contributed by atoms with E-state index < -0.39 is 6.04 Å². The predicted octanol–water partition coefficient (Wildman–Crippen LogP) is 4.78. The van der Waals surface area contributed by atoms with Gasteiger partial charge in [0.05, 0.1) is 6.42 Å². The lowest BCUT2D eigenvalue weighted by molar-refractivity contribution is -0.140. The molecule has 2 aromatic carbocycles. The Kier molecular flexibility index (Phi) is 7.48. The van der Waals surface area contributed by atoms with Gasteiger partial charge in [0, 0.05) is 17.1 Å². The fourth-order valence-electron chi connectivity index (χ4n) is 3.79. The maximum absolute atomic E-state index is 13.2. The molecule has 3 rings (SSSR count). The molecule has 29 heavy (non-hydrogen) atoms. The van der Waals surface area contributed by atoms with E-state index in [4.69, 9.17) is 0 Å². The Bertz CT molecular complexity index is 844. The van der Waals surface area contributed by atoms with Crippen molar-refractivity contribution in [3.05, 3.63) is 69.7 Å². The molecule has 5 heteroatoms. The lowest BCUT2D eigenvalue weighted by Crippen LogP contribution is -2.50. The standard InChI is InChI=1S/C24H29BrN2O2/c1-17-10-12-19(13-11-17)15-23(28)27(16-20-6-5-7-21(25)14-20)18(2)24(29)26-22-8-3-4-9-22/h5-7,10-14,18,22H,3-4,8-9,15-16H2,1-2H3,(H,26,29)/t18-/m1/s1. The van der Waals surface area contributed by atoms with Crippen molar-refractivity contribution < 1.29 is 9.59 Å². The molecule has 0 saturated heterocycles. The van der Waals surface area contributed by atoms with Crippen LogP contribution in [0.3, 0.4) is 0 Å². The van der Waals surface area contributed by atoms with E-state index in [1.165, 1.54) is 0 Å². The fraction of sp³-hybridized carbons (Fsp3) is 0.417. The van der Waals surface area contributed by atoms with E-state index in [1.807, 2.05) is 62.4 Å². The molecule has 0 radical (unpaired) electrons. The molecular weight excluding hydrogens is 428 g/mol. The van der Waals surface area contributed by atoms with Crippen molar-refractivity contribution in [1.29, 1.82) is 0 Å². The lowest BCUT2D eigenvalue weighted by Gasteiger charge is -2.30. The second-order valence-electron chi connectivity index (χ2n) is 7.98. The average Bonchev–Trinajstić information content (AvgIpc) is 3.20. The number of hydrogen-bond acceptors (Lipinski definition) is 2. The molecule has 1 aliphatic rings. The Morgan fingerprint density at radius 3 is 2.45 bits per heavy atom. The molecule has 1 atom stereocenters. The first-order valence-electron chi connectivity index (χ1n) is 10.3. The highest BCUT2D eigenvalue weighted by Gasteiger charge is 2.28. The quantitative estimate of drug-likeness (QED) is 0.651. The van der Waals surface area contributed by atoms with Crippen LogP contribution in [0.2, 0.25) is 0 Å². The van der Waals surface area contributed by atoms with Crippen LogP contribution in [0.1, 0.15) is 49.3 Å². The largest absolute Gasteiger partial charge is 0.352 e. The molecule has 0 unspecified atom stereocenters. The maximum atomic E-state index is 13.2. The number of nitrogens with one attached hydrogen (secondary N) is 1. The van der Waals surface area contributed by atoms with Gasteiger partial charge < -0.3 is 10.2 Å². The summed E-state index contributed by atoms with van der Waals surface area (Å²) in [6.45, 7) is 4.26. The molecule has 1 N–H and O–H groups in total. The van der Waals surface area contributed by atoms with Crippen LogP contribution >= 0.6 is 15.9 Å². The third-order valence-corrected chi connectivity index (χ3v) is 6.08. The van der Waals surface area contributed by atoms with Gasteiger partial charge in [-0.05, 0) is 49.9 Å². The molecule has 0 heterocycles. The Morgan fingerprint density at radius 1 is 1.10 bits per heavy atom. The summed E-state index contributed by atoms with van der Waals surface area (Å²) in [6.07, 6.45) is 4.67. The summed E-state index contributed by atoms with van der Waals surface area (Å²) >= 11 is 3.49. The normalized spacial score (nSPS) is 15.1. The number of nitrogens with zero attached hydrogens (tertiary/aromatic N) is 1. The van der Waals surface area contributed by atoms with Gasteiger partial charge in [0.15, 0.2) is 0 Å². The van der Waals surface area contributed by atoms with Crippen molar-refractivity contribution in [2.75, 3.05) is 0 Å². The zero-order valence-electron chi connectivity index (χ0n) is 17.2. The molecule has 0 aromatic heterocycles. The molecule has 0 aliphatic heterocycles. The van der Waals surface area contributed by atoms with Gasteiger partial charge in [-0.1, -0.05) is 70.7 Å². The molecular formula is C24H29BrN2O2. The molecule has 1 aliphatic carbocycles. The molecule has 2 amide bonds. The Labute approximate surface area is 181 Å². The van der Waals surface area contributed by atoms with Crippen LogP contribution in [0.15, 0.2) is 53.0 Å². The number of halogens is 1. The smallest absolute Gasteiger partial charge is 0.242 e. The number of aryl methyl sites for hydroxylation is 1. The van der Waals surface area contributed by atoms with E-state index in [-0.39, 0.29) is 24.3 Å². The molecule has 1 fully saturated rings. The first-order chi connectivity index (χ1) is 13.9. The zero-order chi connectivity index (χ0) is 20.8. The van der Waals surface area contributed by atoms with E-state index in [0.29, 0.717) is 6.54 Å². The van der Waals surface area contributed by atoms with Crippen molar-refractivity contribution in [3.63, 3.8) is 0 Å². The van der Waals surface area contributed by atoms with Gasteiger partial charge in [-0.15, -0.1) is 0 Å². The molecule has 154 valence electrons. The van der Waals surface area contributed by atoms with Crippen LogP contribution in [0.4, 0.5) is 0 Å². The Morgan fingerprint density at radius 2 is 1.79 bits per heavy atom. The van der Waals surface area contributed by atoms with Crippen molar-refractivity contribution in [2.24, 2.45) is 0 Å². The van der Waals surface area contributed by atoms with Crippen LogP contribution in [0.5, 0.6) is 0 Å². The van der Waals surface area contributed by atoms with Gasteiger partial charge in [0.25, 0.3) is 0 Å². The second-order valence-corrected chi connectivity index (χ2v) is 8.90. The number of carbonyl (C=O) groups excluding carboxylic acids is 2. The Balaban J connectivity index is 1.76. The van der Waals surface area contributed by atoms with Crippen LogP contribution in [-0.2, 0) is 22.6 Å². The summed E-state index contributed by atoms with van der Waals surface area (Å²) in [7, 11) is 0. The number of hydrogen-bond donors (Lipinski definition) is 1. The highest BCUT2D eigenvalue weighted by molar-refractivity contribution is 9.10. The van der Waals surface area contributed by atoms with Crippen LogP contribution in [0.25, 0.3) is 0 Å². The number of benzene rings is 2. The summed E-state index contributed by atoms with van der Waals surface area (Å²) in [5.74, 6) is -0.105. The van der Waals surface area contributed by atoms with Crippen LogP contribution < -0.4 is 5.32 Å². The lowest BCUT2D eigenvalue weighted by atomic mass is 10.1. The number of amides is 2. The molecule has 2 aromatic rings. The van der Waals surface area contributed by atoms with E-state index in [0.717, 1.165) is 46.8 Å². The van der Waals surface area contributed by atoms with E-state index in [2.05, 4.69) is 21.2 Å². The first kappa shape index (κ1) is 21.6. The topological polar surface area (TPSA) is 49.4 Å². The summed E-state index contributed by atoms with van der Waals surface area (Å²) in [4.78, 5) is 27.8. The van der Waals surface area contributed by atoms with E-state index >= 15 is 0 Å². The fourth-order valence-corrected chi connectivity index (χ4v) is 4.24. The van der Waals surface area contributed by atoms with Crippen molar-refractivity contribution in [3.8, 4) is 0 Å². The summed E-state index contributed by atoms with van der Waals surface area (Å²) in [5, 5.41) is 3.14. The van der Waals surface area contributed by atoms with E-state index in [1.54, 1.807) is 4.90 Å². The highest BCUT2D eigenvalue weighted by atomic mass is 79.9. The minimum atomic E-state index is -0.521. The van der Waals surface area contributed by atoms with Crippen molar-refractivity contribution in [2.45, 2.75) is 64.6 Å². The maximum Gasteiger partial charge on any atom is 0.242 e. The average molecular weight is 457 g/mol. The van der Waals surface area contributed by atoms with Crippen molar-refractivity contribution in [1.82, 2.24) is 10.2 Å². The SMILES string of the molecule is Cc1ccc(CC(=O)N(Cc2cccc(Br)c2)[C@H](C)C(=O)NC2CCCC2)cc1. The molecule has 1 saturated carbocycles. The summed E-state index contributed by atoms with van der Waals surface area (Å²) in [6, 6.07) is 15.6.